The molecule has 1 aliphatic heterocycles. The summed E-state index contributed by atoms with van der Waals surface area (Å²) in [5.74, 6) is -1.11. The minimum atomic E-state index is -0.693. The Morgan fingerprint density at radius 2 is 2.29 bits per heavy atom. The molecular formula is C14H15BrFNO4. The molecule has 1 saturated carbocycles. The molecule has 1 amide bonds. The Bertz CT molecular complexity index is 595. The number of rotatable bonds is 2. The molecule has 0 aromatic heterocycles. The minimum absolute atomic E-state index is 0.0101. The maximum atomic E-state index is 14.3. The van der Waals surface area contributed by atoms with Gasteiger partial charge in [0.15, 0.2) is 18.2 Å². The van der Waals surface area contributed by atoms with Crippen molar-refractivity contribution in [2.24, 2.45) is 0 Å². The number of nitrogens with zero attached hydrogens (tertiary/aromatic N) is 1. The quantitative estimate of drug-likeness (QED) is 0.880. The van der Waals surface area contributed by atoms with Crippen molar-refractivity contribution in [2.45, 2.75) is 31.4 Å². The fourth-order valence-electron chi connectivity index (χ4n) is 2.95. The van der Waals surface area contributed by atoms with Gasteiger partial charge in [0.25, 0.3) is 5.91 Å². The molecule has 1 N–H and O–H groups in total. The van der Waals surface area contributed by atoms with E-state index in [1.54, 1.807) is 0 Å². The Balaban J connectivity index is 1.99. The number of hydrogen-bond donors (Lipinski definition) is 1. The van der Waals surface area contributed by atoms with Gasteiger partial charge >= 0.3 is 0 Å². The highest BCUT2D eigenvalue weighted by Crippen LogP contribution is 2.40. The standard InChI is InChI=1S/C14H15BrFNO4/c1-20-13-8(15)5-7-12(11(13)16)21-6-17(14(7)19)9-3-2-4-10(9)18/h5,9-10,18H,2-4,6H2,1H3. The molecule has 2 aliphatic rings. The molecule has 5 nitrogen and oxygen atoms in total. The molecule has 1 heterocycles. The second-order valence-corrected chi connectivity index (χ2v) is 6.05. The maximum Gasteiger partial charge on any atom is 0.260 e. The van der Waals surface area contributed by atoms with Crippen molar-refractivity contribution in [3.63, 3.8) is 0 Å². The number of hydrogen-bond acceptors (Lipinski definition) is 4. The van der Waals surface area contributed by atoms with Crippen LogP contribution in [0.2, 0.25) is 0 Å². The molecule has 1 aromatic carbocycles. The molecular weight excluding hydrogens is 345 g/mol. The van der Waals surface area contributed by atoms with Crippen molar-refractivity contribution in [3.8, 4) is 11.5 Å². The number of methoxy groups -OCH3 is 1. The van der Waals surface area contributed by atoms with Crippen molar-refractivity contribution in [2.75, 3.05) is 13.8 Å². The summed E-state index contributed by atoms with van der Waals surface area (Å²) in [5, 5.41) is 9.95. The molecule has 3 rings (SSSR count). The van der Waals surface area contributed by atoms with E-state index >= 15 is 0 Å². The summed E-state index contributed by atoms with van der Waals surface area (Å²) in [6.45, 7) is -0.0603. The van der Waals surface area contributed by atoms with Crippen LogP contribution in [0.25, 0.3) is 0 Å². The Morgan fingerprint density at radius 3 is 2.90 bits per heavy atom. The number of aliphatic hydroxyl groups excluding tert-OH is 1. The first-order valence-corrected chi connectivity index (χ1v) is 7.51. The molecule has 1 aliphatic carbocycles. The van der Waals surface area contributed by atoms with Crippen LogP contribution in [0.5, 0.6) is 11.5 Å². The van der Waals surface area contributed by atoms with E-state index < -0.39 is 11.9 Å². The molecule has 2 unspecified atom stereocenters. The summed E-state index contributed by atoms with van der Waals surface area (Å²) in [4.78, 5) is 14.0. The van der Waals surface area contributed by atoms with Gasteiger partial charge in [-0.3, -0.25) is 9.69 Å². The molecule has 7 heteroatoms. The van der Waals surface area contributed by atoms with Gasteiger partial charge in [-0.15, -0.1) is 0 Å². The van der Waals surface area contributed by atoms with E-state index in [4.69, 9.17) is 9.47 Å². The number of carbonyl (C=O) groups excluding carboxylic acids is 1. The zero-order valence-corrected chi connectivity index (χ0v) is 13.0. The summed E-state index contributed by atoms with van der Waals surface area (Å²) in [6.07, 6.45) is 1.71. The number of halogens is 2. The van der Waals surface area contributed by atoms with Crippen LogP contribution in [0, 0.1) is 5.82 Å². The lowest BCUT2D eigenvalue weighted by Crippen LogP contribution is -2.48. The van der Waals surface area contributed by atoms with Gasteiger partial charge in [-0.25, -0.2) is 0 Å². The lowest BCUT2D eigenvalue weighted by Gasteiger charge is -2.35. The van der Waals surface area contributed by atoms with Crippen molar-refractivity contribution < 1.29 is 23.8 Å². The highest BCUT2D eigenvalue weighted by Gasteiger charge is 2.39. The number of benzene rings is 1. The average molecular weight is 360 g/mol. The lowest BCUT2D eigenvalue weighted by atomic mass is 10.1. The van der Waals surface area contributed by atoms with E-state index in [2.05, 4.69) is 15.9 Å². The zero-order chi connectivity index (χ0) is 15.1. The minimum Gasteiger partial charge on any atom is -0.492 e. The van der Waals surface area contributed by atoms with Crippen LogP contribution in [-0.4, -0.2) is 41.9 Å². The van der Waals surface area contributed by atoms with Crippen LogP contribution in [-0.2, 0) is 0 Å². The van der Waals surface area contributed by atoms with Gasteiger partial charge < -0.3 is 14.6 Å². The monoisotopic (exact) mass is 359 g/mol. The third-order valence-electron chi connectivity index (χ3n) is 4.02. The van der Waals surface area contributed by atoms with Gasteiger partial charge in [-0.05, 0) is 41.3 Å². The topological polar surface area (TPSA) is 59.0 Å². The Kier molecular flexibility index (Phi) is 3.79. The van der Waals surface area contributed by atoms with E-state index in [1.165, 1.54) is 18.1 Å². The number of ether oxygens (including phenoxy) is 2. The first kappa shape index (κ1) is 14.6. The number of carbonyl (C=O) groups is 1. The molecule has 0 saturated heterocycles. The van der Waals surface area contributed by atoms with Crippen LogP contribution in [0.15, 0.2) is 10.5 Å². The first-order valence-electron chi connectivity index (χ1n) is 6.72. The van der Waals surface area contributed by atoms with E-state index in [1.807, 2.05) is 0 Å². The fourth-order valence-corrected chi connectivity index (χ4v) is 3.51. The van der Waals surface area contributed by atoms with Crippen molar-refractivity contribution >= 4 is 21.8 Å². The van der Waals surface area contributed by atoms with Gasteiger partial charge in [0.1, 0.15) is 0 Å². The van der Waals surface area contributed by atoms with E-state index in [-0.39, 0.29) is 35.7 Å². The van der Waals surface area contributed by atoms with Crippen LogP contribution in [0.3, 0.4) is 0 Å². The Morgan fingerprint density at radius 1 is 1.52 bits per heavy atom. The van der Waals surface area contributed by atoms with Gasteiger partial charge in [0, 0.05) is 0 Å². The first-order chi connectivity index (χ1) is 10.0. The zero-order valence-electron chi connectivity index (χ0n) is 11.4. The summed E-state index contributed by atoms with van der Waals surface area (Å²) in [5.41, 5.74) is 0.144. The SMILES string of the molecule is COc1c(Br)cc2c(c1F)OCN(C1CCCC1O)C2=O. The summed E-state index contributed by atoms with van der Waals surface area (Å²) in [6, 6.07) is 1.22. The Hall–Kier alpha value is -1.34. The van der Waals surface area contributed by atoms with Gasteiger partial charge in [-0.2, -0.15) is 4.39 Å². The van der Waals surface area contributed by atoms with Crippen LogP contribution < -0.4 is 9.47 Å². The average Bonchev–Trinajstić information content (AvgIpc) is 2.87. The van der Waals surface area contributed by atoms with Gasteiger partial charge in [-0.1, -0.05) is 0 Å². The maximum absolute atomic E-state index is 14.3. The van der Waals surface area contributed by atoms with Gasteiger partial charge in [0.2, 0.25) is 5.82 Å². The molecule has 0 radical (unpaired) electrons. The lowest BCUT2D eigenvalue weighted by molar-refractivity contribution is 0.0114. The smallest absolute Gasteiger partial charge is 0.260 e. The largest absolute Gasteiger partial charge is 0.492 e. The molecule has 0 bridgehead atoms. The molecule has 0 spiro atoms. The van der Waals surface area contributed by atoms with E-state index in [0.717, 1.165) is 12.8 Å². The van der Waals surface area contributed by atoms with Crippen LogP contribution in [0.1, 0.15) is 29.6 Å². The predicted octanol–water partition coefficient (Wildman–Crippen LogP) is 2.30. The number of amides is 1. The molecule has 114 valence electrons. The Labute approximate surface area is 129 Å². The summed E-state index contributed by atoms with van der Waals surface area (Å²) >= 11 is 3.19. The molecule has 2 atom stereocenters. The summed E-state index contributed by atoms with van der Waals surface area (Å²) in [7, 11) is 1.35. The molecule has 1 fully saturated rings. The van der Waals surface area contributed by atoms with Crippen molar-refractivity contribution in [3.05, 3.63) is 21.9 Å². The third kappa shape index (κ3) is 2.28. The normalized spacial score (nSPS) is 24.8. The second kappa shape index (κ2) is 5.46. The fraction of sp³-hybridized carbons (Fsp3) is 0.500. The van der Waals surface area contributed by atoms with E-state index in [9.17, 15) is 14.3 Å². The van der Waals surface area contributed by atoms with Gasteiger partial charge in [0.05, 0.1) is 29.3 Å². The number of aliphatic hydroxyl groups is 1. The third-order valence-corrected chi connectivity index (χ3v) is 4.61. The predicted molar refractivity (Wildman–Crippen MR) is 76.0 cm³/mol. The highest BCUT2D eigenvalue weighted by atomic mass is 79.9. The second-order valence-electron chi connectivity index (χ2n) is 5.20. The molecule has 1 aromatic rings. The van der Waals surface area contributed by atoms with Crippen LogP contribution in [0.4, 0.5) is 4.39 Å². The van der Waals surface area contributed by atoms with Crippen molar-refractivity contribution in [1.29, 1.82) is 0 Å². The van der Waals surface area contributed by atoms with Crippen LogP contribution >= 0.6 is 15.9 Å². The van der Waals surface area contributed by atoms with Crippen molar-refractivity contribution in [1.82, 2.24) is 4.90 Å². The summed E-state index contributed by atoms with van der Waals surface area (Å²) < 4.78 is 25.0. The highest BCUT2D eigenvalue weighted by molar-refractivity contribution is 9.10. The number of fused-ring (bicyclic) bond motifs is 1. The van der Waals surface area contributed by atoms with E-state index in [0.29, 0.717) is 10.9 Å². The molecule has 21 heavy (non-hydrogen) atoms.